The lowest BCUT2D eigenvalue weighted by atomic mass is 10.2. The highest BCUT2D eigenvalue weighted by Crippen LogP contribution is 2.38. The van der Waals surface area contributed by atoms with Crippen molar-refractivity contribution in [3.05, 3.63) is 45.3 Å². The Balaban J connectivity index is 1.58. The third-order valence-electron chi connectivity index (χ3n) is 3.40. The predicted molar refractivity (Wildman–Crippen MR) is 83.4 cm³/mol. The van der Waals surface area contributed by atoms with Gasteiger partial charge in [0, 0.05) is 22.6 Å². The molecule has 1 fully saturated rings. The molecule has 1 amide bonds. The van der Waals surface area contributed by atoms with Crippen LogP contribution in [0.3, 0.4) is 0 Å². The molecule has 0 radical (unpaired) electrons. The Hall–Kier alpha value is -1.51. The standard InChI is InChI=1S/C14H14FIN4O/c15-10-3-4-12(16)11(7-10)14(21)17-5-6-20-8-18-19-13(20)9-1-2-9/h3-4,7-9H,1-2,5-6H2,(H,17,21). The second-order valence-electron chi connectivity index (χ2n) is 5.04. The van der Waals surface area contributed by atoms with E-state index in [2.05, 4.69) is 15.5 Å². The average Bonchev–Trinajstić information content (AvgIpc) is 3.21. The molecule has 3 rings (SSSR count). The summed E-state index contributed by atoms with van der Waals surface area (Å²) < 4.78 is 15.9. The minimum atomic E-state index is -0.407. The Morgan fingerprint density at radius 2 is 2.29 bits per heavy atom. The molecule has 0 atom stereocenters. The molecule has 1 saturated carbocycles. The fourth-order valence-electron chi connectivity index (χ4n) is 2.15. The molecule has 0 spiro atoms. The third kappa shape index (κ3) is 3.39. The van der Waals surface area contributed by atoms with Crippen molar-refractivity contribution < 1.29 is 9.18 Å². The lowest BCUT2D eigenvalue weighted by molar-refractivity contribution is 0.0951. The Labute approximate surface area is 135 Å². The first-order valence-electron chi connectivity index (χ1n) is 6.76. The highest BCUT2D eigenvalue weighted by Gasteiger charge is 2.28. The molecule has 0 bridgehead atoms. The number of carbonyl (C=O) groups is 1. The molecule has 1 N–H and O–H groups in total. The fraction of sp³-hybridized carbons (Fsp3) is 0.357. The molecule has 1 aromatic carbocycles. The average molecular weight is 400 g/mol. The maximum absolute atomic E-state index is 13.2. The molecule has 1 aliphatic rings. The van der Waals surface area contributed by atoms with E-state index in [1.165, 1.54) is 12.1 Å². The van der Waals surface area contributed by atoms with Crippen LogP contribution in [0.1, 0.15) is 34.9 Å². The van der Waals surface area contributed by atoms with Gasteiger partial charge < -0.3 is 9.88 Å². The van der Waals surface area contributed by atoms with Gasteiger partial charge in [0.25, 0.3) is 5.91 Å². The third-order valence-corrected chi connectivity index (χ3v) is 4.34. The number of aromatic nitrogens is 3. The number of hydrogen-bond donors (Lipinski definition) is 1. The van der Waals surface area contributed by atoms with Crippen LogP contribution < -0.4 is 5.32 Å². The first-order valence-corrected chi connectivity index (χ1v) is 7.84. The molecule has 1 heterocycles. The minimum Gasteiger partial charge on any atom is -0.350 e. The number of amides is 1. The summed E-state index contributed by atoms with van der Waals surface area (Å²) in [5.74, 6) is 0.840. The van der Waals surface area contributed by atoms with E-state index in [1.807, 2.05) is 27.2 Å². The van der Waals surface area contributed by atoms with Crippen LogP contribution in [0.2, 0.25) is 0 Å². The Bertz CT molecular complexity index is 669. The molecule has 1 aromatic heterocycles. The van der Waals surface area contributed by atoms with E-state index in [4.69, 9.17) is 0 Å². The van der Waals surface area contributed by atoms with Crippen LogP contribution >= 0.6 is 22.6 Å². The SMILES string of the molecule is O=C(NCCn1cnnc1C1CC1)c1cc(F)ccc1I. The fourth-order valence-corrected chi connectivity index (χ4v) is 2.73. The largest absolute Gasteiger partial charge is 0.350 e. The molecule has 5 nitrogen and oxygen atoms in total. The van der Waals surface area contributed by atoms with Crippen LogP contribution in [0, 0.1) is 9.39 Å². The number of nitrogens with zero attached hydrogens (tertiary/aromatic N) is 3. The van der Waals surface area contributed by atoms with Crippen LogP contribution in [0.4, 0.5) is 4.39 Å². The predicted octanol–water partition coefficient (Wildman–Crippen LogP) is 2.33. The summed E-state index contributed by atoms with van der Waals surface area (Å²) in [6.07, 6.45) is 4.00. The number of nitrogens with one attached hydrogen (secondary N) is 1. The van der Waals surface area contributed by atoms with Crippen molar-refractivity contribution in [1.82, 2.24) is 20.1 Å². The highest BCUT2D eigenvalue weighted by atomic mass is 127. The molecule has 1 aliphatic carbocycles. The summed E-state index contributed by atoms with van der Waals surface area (Å²) in [7, 11) is 0. The van der Waals surface area contributed by atoms with Crippen molar-refractivity contribution >= 4 is 28.5 Å². The van der Waals surface area contributed by atoms with E-state index in [0.717, 1.165) is 22.2 Å². The van der Waals surface area contributed by atoms with E-state index >= 15 is 0 Å². The second kappa shape index (κ2) is 6.08. The van der Waals surface area contributed by atoms with E-state index in [-0.39, 0.29) is 5.91 Å². The number of carbonyl (C=O) groups excluding carboxylic acids is 1. The highest BCUT2D eigenvalue weighted by molar-refractivity contribution is 14.1. The van der Waals surface area contributed by atoms with Gasteiger partial charge in [0.05, 0.1) is 5.56 Å². The molecule has 0 aliphatic heterocycles. The number of benzene rings is 1. The number of halogens is 2. The van der Waals surface area contributed by atoms with Crippen LogP contribution in [0.15, 0.2) is 24.5 Å². The molecule has 110 valence electrons. The Morgan fingerprint density at radius 3 is 3.05 bits per heavy atom. The van der Waals surface area contributed by atoms with Crippen molar-refractivity contribution in [3.8, 4) is 0 Å². The zero-order valence-corrected chi connectivity index (χ0v) is 13.4. The molecule has 0 unspecified atom stereocenters. The van der Waals surface area contributed by atoms with Crippen LogP contribution in [-0.2, 0) is 6.54 Å². The first-order chi connectivity index (χ1) is 10.1. The minimum absolute atomic E-state index is 0.264. The van der Waals surface area contributed by atoms with Gasteiger partial charge in [-0.05, 0) is 53.6 Å². The van der Waals surface area contributed by atoms with Gasteiger partial charge >= 0.3 is 0 Å². The van der Waals surface area contributed by atoms with Crippen LogP contribution in [0.5, 0.6) is 0 Å². The summed E-state index contributed by atoms with van der Waals surface area (Å²) >= 11 is 2.02. The monoisotopic (exact) mass is 400 g/mol. The maximum atomic E-state index is 13.2. The molecule has 7 heteroatoms. The Morgan fingerprint density at radius 1 is 1.48 bits per heavy atom. The van der Waals surface area contributed by atoms with E-state index in [0.29, 0.717) is 24.6 Å². The zero-order valence-electron chi connectivity index (χ0n) is 11.2. The van der Waals surface area contributed by atoms with Crippen LogP contribution in [-0.4, -0.2) is 27.2 Å². The summed E-state index contributed by atoms with van der Waals surface area (Å²) in [4.78, 5) is 12.1. The molecule has 0 saturated heterocycles. The molecule has 21 heavy (non-hydrogen) atoms. The lowest BCUT2D eigenvalue weighted by Gasteiger charge is -2.09. The summed E-state index contributed by atoms with van der Waals surface area (Å²) in [6, 6.07) is 4.19. The van der Waals surface area contributed by atoms with Crippen molar-refractivity contribution in [1.29, 1.82) is 0 Å². The van der Waals surface area contributed by atoms with Gasteiger partial charge in [-0.2, -0.15) is 0 Å². The van der Waals surface area contributed by atoms with Gasteiger partial charge in [0.1, 0.15) is 18.0 Å². The van der Waals surface area contributed by atoms with Crippen molar-refractivity contribution in [3.63, 3.8) is 0 Å². The smallest absolute Gasteiger partial charge is 0.252 e. The van der Waals surface area contributed by atoms with Gasteiger partial charge in [-0.25, -0.2) is 4.39 Å². The van der Waals surface area contributed by atoms with Crippen LogP contribution in [0.25, 0.3) is 0 Å². The summed E-state index contributed by atoms with van der Waals surface area (Å²) in [6.45, 7) is 1.08. The van der Waals surface area contributed by atoms with Crippen molar-refractivity contribution in [2.24, 2.45) is 0 Å². The van der Waals surface area contributed by atoms with E-state index < -0.39 is 5.82 Å². The normalized spacial score (nSPS) is 14.2. The summed E-state index contributed by atoms with van der Waals surface area (Å²) in [5.41, 5.74) is 0.363. The lowest BCUT2D eigenvalue weighted by Crippen LogP contribution is -2.28. The second-order valence-corrected chi connectivity index (χ2v) is 6.20. The molecular formula is C14H14FIN4O. The van der Waals surface area contributed by atoms with Gasteiger partial charge in [-0.3, -0.25) is 4.79 Å². The van der Waals surface area contributed by atoms with Crippen molar-refractivity contribution in [2.45, 2.75) is 25.3 Å². The van der Waals surface area contributed by atoms with Gasteiger partial charge in [-0.1, -0.05) is 0 Å². The van der Waals surface area contributed by atoms with Gasteiger partial charge in [-0.15, -0.1) is 10.2 Å². The maximum Gasteiger partial charge on any atom is 0.252 e. The topological polar surface area (TPSA) is 59.8 Å². The number of hydrogen-bond acceptors (Lipinski definition) is 3. The van der Waals surface area contributed by atoms with Crippen molar-refractivity contribution in [2.75, 3.05) is 6.54 Å². The zero-order chi connectivity index (χ0) is 14.8. The number of rotatable bonds is 5. The summed E-state index contributed by atoms with van der Waals surface area (Å²) in [5, 5.41) is 10.8. The van der Waals surface area contributed by atoms with Gasteiger partial charge in [0.15, 0.2) is 0 Å². The molecule has 2 aromatic rings. The quantitative estimate of drug-likeness (QED) is 0.784. The Kier molecular flexibility index (Phi) is 4.18. The van der Waals surface area contributed by atoms with Gasteiger partial charge in [0.2, 0.25) is 0 Å². The van der Waals surface area contributed by atoms with E-state index in [1.54, 1.807) is 12.4 Å². The van der Waals surface area contributed by atoms with E-state index in [9.17, 15) is 9.18 Å². The molecular weight excluding hydrogens is 386 g/mol. The first kappa shape index (κ1) is 14.4.